The molecule has 2 aliphatic heterocycles. The van der Waals surface area contributed by atoms with Crippen LogP contribution in [0, 0.1) is 6.92 Å². The number of amides is 1. The minimum absolute atomic E-state index is 0.00462. The maximum absolute atomic E-state index is 13.5. The number of hydrogen-bond donors (Lipinski definition) is 0. The van der Waals surface area contributed by atoms with Gasteiger partial charge in [-0.1, -0.05) is 30.3 Å². The zero-order chi connectivity index (χ0) is 20.7. The highest BCUT2D eigenvalue weighted by Gasteiger charge is 2.47. The molecule has 0 spiro atoms. The van der Waals surface area contributed by atoms with E-state index in [9.17, 15) is 9.59 Å². The molecule has 0 N–H and O–H groups in total. The molecule has 2 saturated heterocycles. The molecule has 0 unspecified atom stereocenters. The van der Waals surface area contributed by atoms with Gasteiger partial charge < -0.3 is 18.9 Å². The van der Waals surface area contributed by atoms with Gasteiger partial charge >= 0.3 is 0 Å². The van der Waals surface area contributed by atoms with E-state index < -0.39 is 5.41 Å². The van der Waals surface area contributed by atoms with Crippen LogP contribution in [0.5, 0.6) is 5.75 Å². The van der Waals surface area contributed by atoms with Crippen molar-refractivity contribution in [2.24, 2.45) is 0 Å². The topological polar surface area (TPSA) is 60.8 Å². The SMILES string of the molecule is Cc1cc(OC2CN(C(=O)C3(c4ccccc4)CCOCC3)C2)cc(=O)n1C1CC1. The summed E-state index contributed by atoms with van der Waals surface area (Å²) in [6, 6.07) is 13.9. The van der Waals surface area contributed by atoms with Crippen molar-refractivity contribution in [3.05, 3.63) is 64.1 Å². The molecule has 1 saturated carbocycles. The average molecular weight is 408 g/mol. The molecule has 30 heavy (non-hydrogen) atoms. The number of ether oxygens (including phenoxy) is 2. The molecule has 0 atom stereocenters. The monoisotopic (exact) mass is 408 g/mol. The summed E-state index contributed by atoms with van der Waals surface area (Å²) in [6.45, 7) is 4.27. The number of pyridine rings is 1. The lowest BCUT2D eigenvalue weighted by atomic mass is 9.72. The van der Waals surface area contributed by atoms with Crippen molar-refractivity contribution in [1.29, 1.82) is 0 Å². The predicted octanol–water partition coefficient (Wildman–Crippen LogP) is 2.83. The van der Waals surface area contributed by atoms with Crippen LogP contribution < -0.4 is 10.3 Å². The van der Waals surface area contributed by atoms with Crippen molar-refractivity contribution in [3.63, 3.8) is 0 Å². The van der Waals surface area contributed by atoms with E-state index in [-0.39, 0.29) is 17.6 Å². The van der Waals surface area contributed by atoms with Crippen molar-refractivity contribution in [1.82, 2.24) is 9.47 Å². The largest absolute Gasteiger partial charge is 0.486 e. The normalized spacial score (nSPS) is 21.2. The van der Waals surface area contributed by atoms with E-state index in [0.717, 1.165) is 24.1 Å². The van der Waals surface area contributed by atoms with Crippen molar-refractivity contribution < 1.29 is 14.3 Å². The second kappa shape index (κ2) is 7.58. The first-order valence-corrected chi connectivity index (χ1v) is 10.9. The number of carbonyl (C=O) groups is 1. The van der Waals surface area contributed by atoms with Crippen LogP contribution in [0.1, 0.15) is 43.0 Å². The Balaban J connectivity index is 1.27. The van der Waals surface area contributed by atoms with Gasteiger partial charge in [0, 0.05) is 31.0 Å². The van der Waals surface area contributed by atoms with Gasteiger partial charge in [0.1, 0.15) is 11.9 Å². The van der Waals surface area contributed by atoms with Crippen molar-refractivity contribution in [3.8, 4) is 5.75 Å². The molecule has 6 heteroatoms. The van der Waals surface area contributed by atoms with Crippen LogP contribution >= 0.6 is 0 Å². The lowest BCUT2D eigenvalue weighted by Gasteiger charge is -2.46. The first-order valence-electron chi connectivity index (χ1n) is 10.9. The van der Waals surface area contributed by atoms with Crippen LogP contribution in [-0.2, 0) is 14.9 Å². The summed E-state index contributed by atoms with van der Waals surface area (Å²) >= 11 is 0. The molecule has 1 aromatic carbocycles. The Kier molecular flexibility index (Phi) is 4.89. The second-order valence-electron chi connectivity index (χ2n) is 8.78. The molecule has 6 nitrogen and oxygen atoms in total. The van der Waals surface area contributed by atoms with Crippen molar-refractivity contribution in [2.45, 2.75) is 50.2 Å². The van der Waals surface area contributed by atoms with E-state index >= 15 is 0 Å². The molecule has 1 aliphatic carbocycles. The quantitative estimate of drug-likeness (QED) is 0.763. The molecular formula is C24H28N2O4. The van der Waals surface area contributed by atoms with E-state index in [0.29, 0.717) is 50.9 Å². The molecule has 0 bridgehead atoms. The van der Waals surface area contributed by atoms with Gasteiger partial charge in [0.25, 0.3) is 5.56 Å². The number of carbonyl (C=O) groups excluding carboxylic acids is 1. The fourth-order valence-electron chi connectivity index (χ4n) is 4.83. The fraction of sp³-hybridized carbons (Fsp3) is 0.500. The Bertz CT molecular complexity index is 984. The van der Waals surface area contributed by atoms with Gasteiger partial charge in [0.05, 0.1) is 18.5 Å². The van der Waals surface area contributed by atoms with Crippen LogP contribution in [0.25, 0.3) is 0 Å². The van der Waals surface area contributed by atoms with Crippen LogP contribution in [0.4, 0.5) is 0 Å². The molecular weight excluding hydrogens is 380 g/mol. The van der Waals surface area contributed by atoms with Crippen molar-refractivity contribution >= 4 is 5.91 Å². The van der Waals surface area contributed by atoms with Gasteiger partial charge in [-0.05, 0) is 44.2 Å². The van der Waals surface area contributed by atoms with E-state index in [4.69, 9.17) is 9.47 Å². The molecule has 1 aromatic heterocycles. The van der Waals surface area contributed by atoms with E-state index in [2.05, 4.69) is 12.1 Å². The minimum atomic E-state index is -0.508. The highest BCUT2D eigenvalue weighted by Crippen LogP contribution is 2.38. The summed E-state index contributed by atoms with van der Waals surface area (Å²) in [5.74, 6) is 0.771. The molecule has 1 amide bonds. The third kappa shape index (κ3) is 3.43. The van der Waals surface area contributed by atoms with E-state index in [1.165, 1.54) is 0 Å². The Labute approximate surface area is 176 Å². The van der Waals surface area contributed by atoms with Crippen LogP contribution in [0.15, 0.2) is 47.3 Å². The summed E-state index contributed by atoms with van der Waals surface area (Å²) in [5, 5.41) is 0. The number of rotatable bonds is 5. The number of hydrogen-bond acceptors (Lipinski definition) is 4. The van der Waals surface area contributed by atoms with Crippen molar-refractivity contribution in [2.75, 3.05) is 26.3 Å². The van der Waals surface area contributed by atoms with Crippen LogP contribution in [0.3, 0.4) is 0 Å². The Hall–Kier alpha value is -2.60. The maximum atomic E-state index is 13.5. The standard InChI is InChI=1S/C24H28N2O4/c1-17-13-20(14-22(27)26(17)19-7-8-19)30-21-15-25(16-21)23(28)24(9-11-29-12-10-24)18-5-3-2-4-6-18/h2-6,13-14,19,21H,7-12,15-16H2,1H3. The molecule has 3 aliphatic rings. The zero-order valence-corrected chi connectivity index (χ0v) is 17.4. The molecule has 158 valence electrons. The van der Waals surface area contributed by atoms with E-state index in [1.54, 1.807) is 6.07 Å². The van der Waals surface area contributed by atoms with Gasteiger partial charge in [0.15, 0.2) is 0 Å². The number of nitrogens with zero attached hydrogens (tertiary/aromatic N) is 2. The first-order chi connectivity index (χ1) is 14.6. The summed E-state index contributed by atoms with van der Waals surface area (Å²) in [4.78, 5) is 27.8. The Morgan fingerprint density at radius 2 is 1.80 bits per heavy atom. The second-order valence-corrected chi connectivity index (χ2v) is 8.78. The van der Waals surface area contributed by atoms with Crippen LogP contribution in [0.2, 0.25) is 0 Å². The zero-order valence-electron chi connectivity index (χ0n) is 17.4. The van der Waals surface area contributed by atoms with Gasteiger partial charge in [-0.3, -0.25) is 9.59 Å². The minimum Gasteiger partial charge on any atom is -0.486 e. The molecule has 5 rings (SSSR count). The molecule has 2 aromatic rings. The number of benzene rings is 1. The average Bonchev–Trinajstić information content (AvgIpc) is 3.55. The summed E-state index contributed by atoms with van der Waals surface area (Å²) in [5.41, 5.74) is 1.51. The number of aromatic nitrogens is 1. The van der Waals surface area contributed by atoms with Gasteiger partial charge in [-0.25, -0.2) is 0 Å². The number of aryl methyl sites for hydroxylation is 1. The summed E-state index contributed by atoms with van der Waals surface area (Å²) in [6.07, 6.45) is 3.49. The summed E-state index contributed by atoms with van der Waals surface area (Å²) in [7, 11) is 0. The Morgan fingerprint density at radius 1 is 1.10 bits per heavy atom. The third-order valence-electron chi connectivity index (χ3n) is 6.67. The maximum Gasteiger partial charge on any atom is 0.254 e. The molecule has 3 fully saturated rings. The lowest BCUT2D eigenvalue weighted by molar-refractivity contribution is -0.150. The highest BCUT2D eigenvalue weighted by atomic mass is 16.5. The lowest BCUT2D eigenvalue weighted by Crippen LogP contribution is -2.61. The van der Waals surface area contributed by atoms with Gasteiger partial charge in [-0.2, -0.15) is 0 Å². The smallest absolute Gasteiger partial charge is 0.254 e. The van der Waals surface area contributed by atoms with Gasteiger partial charge in [-0.15, -0.1) is 0 Å². The first kappa shape index (κ1) is 19.4. The van der Waals surface area contributed by atoms with Gasteiger partial charge in [0.2, 0.25) is 5.91 Å². The van der Waals surface area contributed by atoms with E-state index in [1.807, 2.05) is 40.7 Å². The predicted molar refractivity (Wildman–Crippen MR) is 113 cm³/mol. The summed E-state index contributed by atoms with van der Waals surface area (Å²) < 4.78 is 13.5. The molecule has 3 heterocycles. The molecule has 0 radical (unpaired) electrons. The fourth-order valence-corrected chi connectivity index (χ4v) is 4.83. The number of likely N-dealkylation sites (tertiary alicyclic amines) is 1. The third-order valence-corrected chi connectivity index (χ3v) is 6.67. The highest BCUT2D eigenvalue weighted by molar-refractivity contribution is 5.89. The van der Waals surface area contributed by atoms with Crippen LogP contribution in [-0.4, -0.2) is 47.8 Å². The Morgan fingerprint density at radius 3 is 2.43 bits per heavy atom.